The maximum Gasteiger partial charge on any atom is 0.433 e. The highest BCUT2D eigenvalue weighted by Gasteiger charge is 2.34. The Morgan fingerprint density at radius 2 is 2.00 bits per heavy atom. The Balaban J connectivity index is 1.52. The fourth-order valence-corrected chi connectivity index (χ4v) is 2.98. The smallest absolute Gasteiger partial charge is 0.433 e. The molecule has 1 aromatic carbocycles. The normalized spacial score (nSPS) is 18.1. The number of halogens is 3. The summed E-state index contributed by atoms with van der Waals surface area (Å²) in [6, 6.07) is 10.6. The summed E-state index contributed by atoms with van der Waals surface area (Å²) in [7, 11) is 1.74. The summed E-state index contributed by atoms with van der Waals surface area (Å²) >= 11 is 0. The summed E-state index contributed by atoms with van der Waals surface area (Å²) in [6.45, 7) is 2.95. The molecule has 26 heavy (non-hydrogen) atoms. The minimum atomic E-state index is -4.46. The zero-order valence-electron chi connectivity index (χ0n) is 14.5. The van der Waals surface area contributed by atoms with Gasteiger partial charge < -0.3 is 9.64 Å². The van der Waals surface area contributed by atoms with Crippen molar-refractivity contribution in [3.05, 3.63) is 48.3 Å². The van der Waals surface area contributed by atoms with E-state index in [4.69, 9.17) is 4.74 Å². The van der Waals surface area contributed by atoms with Crippen LogP contribution in [-0.4, -0.2) is 54.2 Å². The number of alkyl halides is 3. The minimum absolute atomic E-state index is 0.0789. The second-order valence-electron chi connectivity index (χ2n) is 6.26. The topological polar surface area (TPSA) is 41.5 Å². The molecular weight excluding hydrogens is 345 g/mol. The average Bonchev–Trinajstić information content (AvgIpc) is 3.10. The first-order valence-corrected chi connectivity index (χ1v) is 8.47. The van der Waals surface area contributed by atoms with Crippen LogP contribution in [0.15, 0.2) is 42.6 Å². The molecule has 5 nitrogen and oxygen atoms in total. The summed E-state index contributed by atoms with van der Waals surface area (Å²) in [5.74, 6) is 0.935. The Morgan fingerprint density at radius 1 is 1.23 bits per heavy atom. The second-order valence-corrected chi connectivity index (χ2v) is 6.26. The first-order valence-electron chi connectivity index (χ1n) is 8.47. The highest BCUT2D eigenvalue weighted by Crippen LogP contribution is 2.28. The van der Waals surface area contributed by atoms with Gasteiger partial charge in [-0.2, -0.15) is 13.2 Å². The number of anilines is 1. The number of ether oxygens (including phenoxy) is 1. The van der Waals surface area contributed by atoms with Crippen LogP contribution in [0.3, 0.4) is 0 Å². The summed E-state index contributed by atoms with van der Waals surface area (Å²) in [6.07, 6.45) is -2.46. The molecule has 8 heteroatoms. The van der Waals surface area contributed by atoms with Crippen LogP contribution in [0, 0.1) is 0 Å². The molecule has 1 atom stereocenters. The molecule has 0 saturated carbocycles. The lowest BCUT2D eigenvalue weighted by Gasteiger charge is -2.25. The van der Waals surface area contributed by atoms with Crippen LogP contribution in [0.5, 0.6) is 5.75 Å². The molecule has 140 valence electrons. The number of rotatable bonds is 6. The predicted octanol–water partition coefficient (Wildman–Crippen LogP) is 3.08. The molecule has 3 rings (SSSR count). The SMILES string of the molecule is CN(c1nccc(C(F)(F)F)n1)C1CCN(CCOc2ccccc2)C1. The number of para-hydroxylation sites is 1. The lowest BCUT2D eigenvalue weighted by Crippen LogP contribution is -2.36. The molecule has 1 aromatic heterocycles. The lowest BCUT2D eigenvalue weighted by atomic mass is 10.2. The van der Waals surface area contributed by atoms with E-state index in [2.05, 4.69) is 14.9 Å². The molecule has 0 radical (unpaired) electrons. The van der Waals surface area contributed by atoms with E-state index in [1.54, 1.807) is 11.9 Å². The fraction of sp³-hybridized carbons (Fsp3) is 0.444. The van der Waals surface area contributed by atoms with Gasteiger partial charge in [-0.25, -0.2) is 9.97 Å². The molecule has 1 aliphatic rings. The van der Waals surface area contributed by atoms with Gasteiger partial charge in [0.1, 0.15) is 18.1 Å². The number of likely N-dealkylation sites (N-methyl/N-ethyl adjacent to an activating group) is 1. The number of nitrogens with zero attached hydrogens (tertiary/aromatic N) is 4. The van der Waals surface area contributed by atoms with E-state index in [9.17, 15) is 13.2 Å². The van der Waals surface area contributed by atoms with E-state index < -0.39 is 11.9 Å². The highest BCUT2D eigenvalue weighted by atomic mass is 19.4. The molecule has 0 bridgehead atoms. The van der Waals surface area contributed by atoms with Gasteiger partial charge >= 0.3 is 6.18 Å². The van der Waals surface area contributed by atoms with Crippen LogP contribution in [0.2, 0.25) is 0 Å². The van der Waals surface area contributed by atoms with Gasteiger partial charge in [-0.3, -0.25) is 4.90 Å². The first-order chi connectivity index (χ1) is 12.4. The van der Waals surface area contributed by atoms with Crippen LogP contribution in [0.1, 0.15) is 12.1 Å². The van der Waals surface area contributed by atoms with Gasteiger partial charge in [0.15, 0.2) is 0 Å². The number of hydrogen-bond donors (Lipinski definition) is 0. The third-order valence-electron chi connectivity index (χ3n) is 4.46. The zero-order chi connectivity index (χ0) is 18.6. The molecule has 1 fully saturated rings. The Morgan fingerprint density at radius 3 is 2.73 bits per heavy atom. The van der Waals surface area contributed by atoms with Crippen LogP contribution in [-0.2, 0) is 6.18 Å². The van der Waals surface area contributed by atoms with Gasteiger partial charge in [0.05, 0.1) is 0 Å². The summed E-state index contributed by atoms with van der Waals surface area (Å²) in [4.78, 5) is 11.6. The molecule has 1 saturated heterocycles. The molecular formula is C18H21F3N4O. The van der Waals surface area contributed by atoms with Crippen molar-refractivity contribution < 1.29 is 17.9 Å². The number of benzene rings is 1. The zero-order valence-corrected chi connectivity index (χ0v) is 14.5. The van der Waals surface area contributed by atoms with E-state index in [0.717, 1.165) is 44.1 Å². The Labute approximate surface area is 150 Å². The maximum absolute atomic E-state index is 12.8. The Hall–Kier alpha value is -2.35. The van der Waals surface area contributed by atoms with Crippen molar-refractivity contribution in [1.82, 2.24) is 14.9 Å². The van der Waals surface area contributed by atoms with Gasteiger partial charge in [-0.05, 0) is 24.6 Å². The molecule has 0 N–H and O–H groups in total. The molecule has 2 heterocycles. The summed E-state index contributed by atoms with van der Waals surface area (Å²) in [5.41, 5.74) is -0.916. The van der Waals surface area contributed by atoms with E-state index in [0.29, 0.717) is 6.61 Å². The maximum atomic E-state index is 12.8. The van der Waals surface area contributed by atoms with Crippen molar-refractivity contribution >= 4 is 5.95 Å². The van der Waals surface area contributed by atoms with Crippen LogP contribution >= 0.6 is 0 Å². The van der Waals surface area contributed by atoms with Crippen LogP contribution in [0.4, 0.5) is 19.1 Å². The van der Waals surface area contributed by atoms with Crippen molar-refractivity contribution in [3.63, 3.8) is 0 Å². The molecule has 1 unspecified atom stereocenters. The predicted molar refractivity (Wildman–Crippen MR) is 92.2 cm³/mol. The third kappa shape index (κ3) is 4.63. The van der Waals surface area contributed by atoms with Crippen molar-refractivity contribution in [2.75, 3.05) is 38.2 Å². The van der Waals surface area contributed by atoms with Gasteiger partial charge in [0, 0.05) is 38.9 Å². The van der Waals surface area contributed by atoms with Gasteiger partial charge in [-0.15, -0.1) is 0 Å². The largest absolute Gasteiger partial charge is 0.492 e. The van der Waals surface area contributed by atoms with E-state index in [1.807, 2.05) is 30.3 Å². The number of likely N-dealkylation sites (tertiary alicyclic amines) is 1. The summed E-state index contributed by atoms with van der Waals surface area (Å²) < 4.78 is 44.2. The Bertz CT molecular complexity index is 711. The highest BCUT2D eigenvalue weighted by molar-refractivity contribution is 5.32. The standard InChI is InChI=1S/C18H21F3N4O/c1-24(17-22-9-7-16(23-17)18(19,20)21)14-8-10-25(13-14)11-12-26-15-5-3-2-4-6-15/h2-7,9,14H,8,10-13H2,1H3. The molecule has 1 aliphatic heterocycles. The number of aromatic nitrogens is 2. The second kappa shape index (κ2) is 7.90. The van der Waals surface area contributed by atoms with Crippen LogP contribution < -0.4 is 9.64 Å². The molecule has 0 spiro atoms. The summed E-state index contributed by atoms with van der Waals surface area (Å²) in [5, 5.41) is 0. The molecule has 2 aromatic rings. The van der Waals surface area contributed by atoms with E-state index in [1.165, 1.54) is 0 Å². The van der Waals surface area contributed by atoms with Crippen molar-refractivity contribution in [1.29, 1.82) is 0 Å². The van der Waals surface area contributed by atoms with Crippen molar-refractivity contribution in [2.24, 2.45) is 0 Å². The van der Waals surface area contributed by atoms with Gasteiger partial charge in [0.2, 0.25) is 5.95 Å². The Kier molecular flexibility index (Phi) is 5.61. The van der Waals surface area contributed by atoms with Crippen molar-refractivity contribution in [3.8, 4) is 5.75 Å². The van der Waals surface area contributed by atoms with Crippen molar-refractivity contribution in [2.45, 2.75) is 18.6 Å². The first kappa shape index (κ1) is 18.4. The third-order valence-corrected chi connectivity index (χ3v) is 4.46. The van der Waals surface area contributed by atoms with Gasteiger partial charge in [-0.1, -0.05) is 18.2 Å². The monoisotopic (exact) mass is 366 g/mol. The van der Waals surface area contributed by atoms with Gasteiger partial charge in [0.25, 0.3) is 0 Å². The lowest BCUT2D eigenvalue weighted by molar-refractivity contribution is -0.141. The van der Waals surface area contributed by atoms with E-state index >= 15 is 0 Å². The van der Waals surface area contributed by atoms with Crippen LogP contribution in [0.25, 0.3) is 0 Å². The molecule has 0 amide bonds. The minimum Gasteiger partial charge on any atom is -0.492 e. The average molecular weight is 366 g/mol. The fourth-order valence-electron chi connectivity index (χ4n) is 2.98. The quantitative estimate of drug-likeness (QED) is 0.786. The molecule has 0 aliphatic carbocycles. The number of hydrogen-bond acceptors (Lipinski definition) is 5. The van der Waals surface area contributed by atoms with E-state index in [-0.39, 0.29) is 12.0 Å².